The Bertz CT molecular complexity index is 392. The van der Waals surface area contributed by atoms with Gasteiger partial charge in [-0.3, -0.25) is 9.59 Å². The summed E-state index contributed by atoms with van der Waals surface area (Å²) in [4.78, 5) is 22.7. The maximum absolute atomic E-state index is 11.8. The molecule has 0 aromatic carbocycles. The summed E-state index contributed by atoms with van der Waals surface area (Å²) >= 11 is 1.08. The van der Waals surface area contributed by atoms with Crippen molar-refractivity contribution < 1.29 is 22.8 Å². The Kier molecular flexibility index (Phi) is 3.28. The number of hydrogen-bond donors (Lipinski definition) is 0. The molecule has 6 heteroatoms. The molecule has 0 aliphatic carbocycles. The molecule has 0 spiro atoms. The fourth-order valence-electron chi connectivity index (χ4n) is 0.918. The van der Waals surface area contributed by atoms with Crippen LogP contribution in [-0.4, -0.2) is 17.7 Å². The lowest BCUT2D eigenvalue weighted by Gasteiger charge is -2.02. The molecule has 0 bridgehead atoms. The van der Waals surface area contributed by atoms with E-state index in [0.29, 0.717) is 0 Å². The van der Waals surface area contributed by atoms with Crippen molar-refractivity contribution in [2.24, 2.45) is 0 Å². The fraction of sp³-hybridized carbons (Fsp3) is 0.333. The highest BCUT2D eigenvalue weighted by Gasteiger charge is 2.39. The van der Waals surface area contributed by atoms with Crippen LogP contribution in [0.15, 0.2) is 12.1 Å². The van der Waals surface area contributed by atoms with Crippen LogP contribution in [-0.2, 0) is 4.79 Å². The molecule has 0 N–H and O–H groups in total. The molecule has 0 radical (unpaired) electrons. The number of Topliss-reactive ketones (excluding diaryl/α,β-unsaturated/α-hetero) is 2. The Balaban J connectivity index is 2.69. The molecule has 1 heterocycles. The third kappa shape index (κ3) is 3.16. The first-order valence-electron chi connectivity index (χ1n) is 4.00. The van der Waals surface area contributed by atoms with Crippen molar-refractivity contribution in [1.82, 2.24) is 0 Å². The molecule has 0 aliphatic rings. The SMILES string of the molecule is Cc1ccc(C(=O)CC(=O)C(F)(F)F)s1. The van der Waals surface area contributed by atoms with Gasteiger partial charge in [0.15, 0.2) is 5.78 Å². The highest BCUT2D eigenvalue weighted by atomic mass is 32.1. The number of alkyl halides is 3. The Morgan fingerprint density at radius 1 is 1.33 bits per heavy atom. The standard InChI is InChI=1S/C9H7F3O2S/c1-5-2-3-7(15-5)6(13)4-8(14)9(10,11)12/h2-3H,4H2,1H3. The first-order valence-corrected chi connectivity index (χ1v) is 4.82. The van der Waals surface area contributed by atoms with Crippen molar-refractivity contribution in [2.45, 2.75) is 19.5 Å². The van der Waals surface area contributed by atoms with Gasteiger partial charge in [-0.2, -0.15) is 13.2 Å². The number of carbonyl (C=O) groups excluding carboxylic acids is 2. The van der Waals surface area contributed by atoms with Gasteiger partial charge in [0, 0.05) is 4.88 Å². The van der Waals surface area contributed by atoms with Crippen molar-refractivity contribution in [2.75, 3.05) is 0 Å². The van der Waals surface area contributed by atoms with Crippen LogP contribution in [0.1, 0.15) is 21.0 Å². The van der Waals surface area contributed by atoms with Gasteiger partial charge in [-0.15, -0.1) is 11.3 Å². The molecule has 0 fully saturated rings. The molecule has 2 nitrogen and oxygen atoms in total. The van der Waals surface area contributed by atoms with E-state index >= 15 is 0 Å². The van der Waals surface area contributed by atoms with Gasteiger partial charge in [-0.05, 0) is 19.1 Å². The van der Waals surface area contributed by atoms with Gasteiger partial charge in [0.25, 0.3) is 0 Å². The smallest absolute Gasteiger partial charge is 0.293 e. The van der Waals surface area contributed by atoms with Crippen molar-refractivity contribution in [3.05, 3.63) is 21.9 Å². The van der Waals surface area contributed by atoms with Crippen molar-refractivity contribution in [1.29, 1.82) is 0 Å². The summed E-state index contributed by atoms with van der Waals surface area (Å²) in [6, 6.07) is 3.04. The first kappa shape index (κ1) is 11.9. The molecule has 0 aliphatic heterocycles. The lowest BCUT2D eigenvalue weighted by atomic mass is 10.2. The van der Waals surface area contributed by atoms with E-state index in [9.17, 15) is 22.8 Å². The van der Waals surface area contributed by atoms with Crippen LogP contribution >= 0.6 is 11.3 Å². The Morgan fingerprint density at radius 3 is 2.33 bits per heavy atom. The van der Waals surface area contributed by atoms with Crippen molar-refractivity contribution in [3.63, 3.8) is 0 Å². The minimum absolute atomic E-state index is 0.185. The van der Waals surface area contributed by atoms with Gasteiger partial charge in [-0.1, -0.05) is 0 Å². The van der Waals surface area contributed by atoms with Crippen LogP contribution in [0.5, 0.6) is 0 Å². The van der Waals surface area contributed by atoms with Crippen LogP contribution in [0.2, 0.25) is 0 Å². The average Bonchev–Trinajstić information content (AvgIpc) is 2.50. The zero-order valence-electron chi connectivity index (χ0n) is 7.72. The molecule has 1 aromatic heterocycles. The molecular weight excluding hydrogens is 229 g/mol. The summed E-state index contributed by atoms with van der Waals surface area (Å²) in [6.07, 6.45) is -6.04. The van der Waals surface area contributed by atoms with Gasteiger partial charge < -0.3 is 0 Å². The van der Waals surface area contributed by atoms with Crippen LogP contribution in [0.4, 0.5) is 13.2 Å². The second-order valence-electron chi connectivity index (χ2n) is 2.93. The molecule has 0 unspecified atom stereocenters. The maximum Gasteiger partial charge on any atom is 0.450 e. The van der Waals surface area contributed by atoms with E-state index in [1.165, 1.54) is 6.07 Å². The van der Waals surface area contributed by atoms with Gasteiger partial charge in [0.1, 0.15) is 0 Å². The molecular formula is C9H7F3O2S. The molecule has 15 heavy (non-hydrogen) atoms. The summed E-state index contributed by atoms with van der Waals surface area (Å²) in [5, 5.41) is 0. The normalized spacial score (nSPS) is 11.5. The third-order valence-corrected chi connectivity index (χ3v) is 2.69. The average molecular weight is 236 g/mol. The number of carbonyl (C=O) groups is 2. The third-order valence-electron chi connectivity index (χ3n) is 1.65. The highest BCUT2D eigenvalue weighted by molar-refractivity contribution is 7.14. The molecule has 0 amide bonds. The first-order chi connectivity index (χ1) is 6.80. The number of halogens is 3. The Labute approximate surface area is 87.7 Å². The second kappa shape index (κ2) is 4.14. The molecule has 0 saturated heterocycles. The van der Waals surface area contributed by atoms with Crippen molar-refractivity contribution >= 4 is 22.9 Å². The van der Waals surface area contributed by atoms with E-state index in [2.05, 4.69) is 0 Å². The minimum Gasteiger partial charge on any atom is -0.293 e. The summed E-state index contributed by atoms with van der Waals surface area (Å²) < 4.78 is 35.5. The molecule has 0 saturated carbocycles. The van der Waals surface area contributed by atoms with Gasteiger partial charge in [0.05, 0.1) is 11.3 Å². The summed E-state index contributed by atoms with van der Waals surface area (Å²) in [5.74, 6) is -2.78. The molecule has 0 atom stereocenters. The Morgan fingerprint density at radius 2 is 1.93 bits per heavy atom. The van der Waals surface area contributed by atoms with E-state index in [4.69, 9.17) is 0 Å². The van der Waals surface area contributed by atoms with Crippen LogP contribution < -0.4 is 0 Å². The predicted octanol–water partition coefficient (Wildman–Crippen LogP) is 2.76. The monoisotopic (exact) mass is 236 g/mol. The molecule has 1 aromatic rings. The molecule has 82 valence electrons. The fourth-order valence-corrected chi connectivity index (χ4v) is 1.72. The quantitative estimate of drug-likeness (QED) is 0.597. The van der Waals surface area contributed by atoms with E-state index in [-0.39, 0.29) is 4.88 Å². The second-order valence-corrected chi connectivity index (χ2v) is 4.22. The zero-order valence-corrected chi connectivity index (χ0v) is 8.54. The number of hydrogen-bond acceptors (Lipinski definition) is 3. The van der Waals surface area contributed by atoms with Crippen LogP contribution in [0.25, 0.3) is 0 Å². The predicted molar refractivity (Wildman–Crippen MR) is 49.1 cm³/mol. The minimum atomic E-state index is -4.93. The topological polar surface area (TPSA) is 34.1 Å². The summed E-state index contributed by atoms with van der Waals surface area (Å²) in [6.45, 7) is 1.73. The number of aryl methyl sites for hydroxylation is 1. The van der Waals surface area contributed by atoms with E-state index < -0.39 is 24.2 Å². The summed E-state index contributed by atoms with van der Waals surface area (Å²) in [7, 11) is 0. The highest BCUT2D eigenvalue weighted by Crippen LogP contribution is 2.21. The zero-order chi connectivity index (χ0) is 11.6. The molecule has 1 rings (SSSR count). The van der Waals surface area contributed by atoms with E-state index in [1.807, 2.05) is 0 Å². The number of thiophene rings is 1. The van der Waals surface area contributed by atoms with E-state index in [1.54, 1.807) is 13.0 Å². The lowest BCUT2D eigenvalue weighted by molar-refractivity contribution is -0.170. The summed E-state index contributed by atoms with van der Waals surface area (Å²) in [5.41, 5.74) is 0. The number of ketones is 2. The largest absolute Gasteiger partial charge is 0.450 e. The number of rotatable bonds is 3. The van der Waals surface area contributed by atoms with Crippen LogP contribution in [0.3, 0.4) is 0 Å². The lowest BCUT2D eigenvalue weighted by Crippen LogP contribution is -2.25. The Hall–Kier alpha value is -1.17. The van der Waals surface area contributed by atoms with Gasteiger partial charge >= 0.3 is 6.18 Å². The van der Waals surface area contributed by atoms with Crippen molar-refractivity contribution in [3.8, 4) is 0 Å². The van der Waals surface area contributed by atoms with Crippen LogP contribution in [0, 0.1) is 6.92 Å². The van der Waals surface area contributed by atoms with E-state index in [0.717, 1.165) is 16.2 Å². The van der Waals surface area contributed by atoms with Gasteiger partial charge in [-0.25, -0.2) is 0 Å². The maximum atomic E-state index is 11.8. The van der Waals surface area contributed by atoms with Gasteiger partial charge in [0.2, 0.25) is 5.78 Å².